The molecule has 5 rings (SSSR count). The molecule has 2 aromatic carbocycles. The van der Waals surface area contributed by atoms with Crippen molar-refractivity contribution in [1.82, 2.24) is 24.8 Å². The second kappa shape index (κ2) is 8.92. The van der Waals surface area contributed by atoms with E-state index in [0.717, 1.165) is 49.2 Å². The SMILES string of the molecule is Fc1ccc(CCc2ncc3nc(-c4ccccc4Cl)n(C[C@@H]4CCNC4)c3n2)c(F)c1. The molecule has 0 aliphatic carbocycles. The molecule has 0 unspecified atom stereocenters. The Hall–Kier alpha value is -2.90. The van der Waals surface area contributed by atoms with Gasteiger partial charge >= 0.3 is 0 Å². The molecule has 1 N–H and O–H groups in total. The van der Waals surface area contributed by atoms with Crippen LogP contribution >= 0.6 is 11.6 Å². The summed E-state index contributed by atoms with van der Waals surface area (Å²) in [6.45, 7) is 2.72. The molecule has 3 heterocycles. The zero-order valence-electron chi connectivity index (χ0n) is 17.4. The highest BCUT2D eigenvalue weighted by atomic mass is 35.5. The Labute approximate surface area is 189 Å². The van der Waals surface area contributed by atoms with Crippen LogP contribution in [-0.2, 0) is 19.4 Å². The van der Waals surface area contributed by atoms with Crippen molar-refractivity contribution in [1.29, 1.82) is 0 Å². The summed E-state index contributed by atoms with van der Waals surface area (Å²) in [4.78, 5) is 14.0. The van der Waals surface area contributed by atoms with Gasteiger partial charge in [0.05, 0.1) is 11.2 Å². The van der Waals surface area contributed by atoms with Crippen molar-refractivity contribution in [2.75, 3.05) is 13.1 Å². The minimum atomic E-state index is -0.582. The maximum Gasteiger partial charge on any atom is 0.164 e. The van der Waals surface area contributed by atoms with E-state index in [0.29, 0.717) is 40.7 Å². The fourth-order valence-electron chi connectivity index (χ4n) is 4.19. The largest absolute Gasteiger partial charge is 0.316 e. The van der Waals surface area contributed by atoms with Crippen LogP contribution in [0.15, 0.2) is 48.7 Å². The summed E-state index contributed by atoms with van der Waals surface area (Å²) in [7, 11) is 0. The lowest BCUT2D eigenvalue weighted by Crippen LogP contribution is -2.16. The molecule has 1 aliphatic heterocycles. The maximum atomic E-state index is 14.0. The van der Waals surface area contributed by atoms with Crippen molar-refractivity contribution in [2.45, 2.75) is 25.8 Å². The molecule has 164 valence electrons. The first-order chi connectivity index (χ1) is 15.6. The Bertz CT molecular complexity index is 1270. The molecule has 0 spiro atoms. The molecule has 1 fully saturated rings. The first-order valence-corrected chi connectivity index (χ1v) is 11.1. The lowest BCUT2D eigenvalue weighted by atomic mass is 10.1. The topological polar surface area (TPSA) is 55.6 Å². The highest BCUT2D eigenvalue weighted by molar-refractivity contribution is 6.33. The van der Waals surface area contributed by atoms with Crippen LogP contribution in [0.4, 0.5) is 8.78 Å². The van der Waals surface area contributed by atoms with Gasteiger partial charge in [0.15, 0.2) is 5.65 Å². The average Bonchev–Trinajstić information content (AvgIpc) is 3.42. The molecular weight excluding hydrogens is 432 g/mol. The third-order valence-corrected chi connectivity index (χ3v) is 6.22. The van der Waals surface area contributed by atoms with Crippen molar-refractivity contribution in [3.8, 4) is 11.4 Å². The first kappa shape index (κ1) is 21.0. The van der Waals surface area contributed by atoms with Crippen LogP contribution in [0.3, 0.4) is 0 Å². The van der Waals surface area contributed by atoms with E-state index in [1.54, 1.807) is 6.20 Å². The van der Waals surface area contributed by atoms with Crippen molar-refractivity contribution < 1.29 is 8.78 Å². The summed E-state index contributed by atoms with van der Waals surface area (Å²) in [6.07, 6.45) is 3.62. The van der Waals surface area contributed by atoms with Gasteiger partial charge < -0.3 is 9.88 Å². The van der Waals surface area contributed by atoms with E-state index in [9.17, 15) is 8.78 Å². The Morgan fingerprint density at radius 2 is 1.97 bits per heavy atom. The summed E-state index contributed by atoms with van der Waals surface area (Å²) in [5.74, 6) is 0.707. The van der Waals surface area contributed by atoms with Crippen molar-refractivity contribution in [3.63, 3.8) is 0 Å². The number of halogens is 3. The molecule has 8 heteroatoms. The summed E-state index contributed by atoms with van der Waals surface area (Å²) < 4.78 is 29.3. The predicted molar refractivity (Wildman–Crippen MR) is 121 cm³/mol. The highest BCUT2D eigenvalue weighted by Crippen LogP contribution is 2.30. The Morgan fingerprint density at radius 3 is 2.75 bits per heavy atom. The molecule has 1 saturated heterocycles. The molecular formula is C24H22ClF2N5. The Kier molecular flexibility index (Phi) is 5.85. The molecule has 0 amide bonds. The minimum absolute atomic E-state index is 0.385. The monoisotopic (exact) mass is 453 g/mol. The Balaban J connectivity index is 1.51. The standard InChI is InChI=1S/C24H22ClF2N5/c25-19-4-2-1-3-18(19)23-30-21-13-29-22(8-6-16-5-7-17(26)11-20(16)27)31-24(21)32(23)14-15-9-10-28-12-15/h1-5,7,11,13,15,28H,6,8-10,12,14H2/t15-/m1/s1. The number of hydrogen-bond acceptors (Lipinski definition) is 4. The molecule has 0 radical (unpaired) electrons. The van der Waals surface area contributed by atoms with E-state index in [1.807, 2.05) is 24.3 Å². The fourth-order valence-corrected chi connectivity index (χ4v) is 4.42. The maximum absolute atomic E-state index is 14.0. The van der Waals surface area contributed by atoms with Gasteiger partial charge in [0.1, 0.15) is 28.8 Å². The number of aromatic nitrogens is 4. The molecule has 0 bridgehead atoms. The van der Waals surface area contributed by atoms with E-state index in [2.05, 4.69) is 14.9 Å². The van der Waals surface area contributed by atoms with Crippen LogP contribution in [0.25, 0.3) is 22.6 Å². The third kappa shape index (κ3) is 4.23. The predicted octanol–water partition coefficient (Wildman–Crippen LogP) is 4.82. The lowest BCUT2D eigenvalue weighted by Gasteiger charge is -2.14. The van der Waals surface area contributed by atoms with Crippen molar-refractivity contribution >= 4 is 22.8 Å². The Morgan fingerprint density at radius 1 is 1.09 bits per heavy atom. The molecule has 1 atom stereocenters. The number of nitrogens with one attached hydrogen (secondary N) is 1. The zero-order chi connectivity index (χ0) is 22.1. The molecule has 2 aromatic heterocycles. The van der Waals surface area contributed by atoms with Gasteiger partial charge in [0.25, 0.3) is 0 Å². The van der Waals surface area contributed by atoms with Gasteiger partial charge in [-0.25, -0.2) is 23.7 Å². The molecule has 5 nitrogen and oxygen atoms in total. The highest BCUT2D eigenvalue weighted by Gasteiger charge is 2.22. The van der Waals surface area contributed by atoms with E-state index in [4.69, 9.17) is 21.6 Å². The van der Waals surface area contributed by atoms with Gasteiger partial charge in [-0.3, -0.25) is 0 Å². The van der Waals surface area contributed by atoms with Crippen molar-refractivity contribution in [3.05, 3.63) is 76.7 Å². The zero-order valence-corrected chi connectivity index (χ0v) is 18.1. The third-order valence-electron chi connectivity index (χ3n) is 5.89. The van der Waals surface area contributed by atoms with E-state index >= 15 is 0 Å². The summed E-state index contributed by atoms with van der Waals surface area (Å²) in [6, 6.07) is 11.3. The van der Waals surface area contributed by atoms with Crippen LogP contribution in [0, 0.1) is 17.6 Å². The number of benzene rings is 2. The number of aryl methyl sites for hydroxylation is 2. The molecule has 32 heavy (non-hydrogen) atoms. The van der Waals surface area contributed by atoms with Crippen LogP contribution in [0.1, 0.15) is 17.8 Å². The first-order valence-electron chi connectivity index (χ1n) is 10.7. The van der Waals surface area contributed by atoms with Crippen LogP contribution in [-0.4, -0.2) is 32.6 Å². The van der Waals surface area contributed by atoms with Crippen LogP contribution < -0.4 is 5.32 Å². The summed E-state index contributed by atoms with van der Waals surface area (Å²) in [5, 5.41) is 4.04. The molecule has 1 aliphatic rings. The van der Waals surface area contributed by atoms with Crippen LogP contribution in [0.2, 0.25) is 5.02 Å². The van der Waals surface area contributed by atoms with Gasteiger partial charge in [-0.1, -0.05) is 29.8 Å². The van der Waals surface area contributed by atoms with Crippen LogP contribution in [0.5, 0.6) is 0 Å². The van der Waals surface area contributed by atoms with Crippen molar-refractivity contribution in [2.24, 2.45) is 5.92 Å². The van der Waals surface area contributed by atoms with Gasteiger partial charge in [-0.05, 0) is 55.6 Å². The van der Waals surface area contributed by atoms with Gasteiger partial charge in [-0.2, -0.15) is 0 Å². The van der Waals surface area contributed by atoms with Gasteiger partial charge in [-0.15, -0.1) is 0 Å². The van der Waals surface area contributed by atoms with Gasteiger partial charge in [0.2, 0.25) is 0 Å². The number of imidazole rings is 1. The second-order valence-electron chi connectivity index (χ2n) is 8.12. The normalized spacial score (nSPS) is 16.2. The average molecular weight is 454 g/mol. The second-order valence-corrected chi connectivity index (χ2v) is 8.52. The number of nitrogens with zero attached hydrogens (tertiary/aromatic N) is 4. The molecule has 4 aromatic rings. The quantitative estimate of drug-likeness (QED) is 0.455. The number of fused-ring (bicyclic) bond motifs is 1. The minimum Gasteiger partial charge on any atom is -0.316 e. The smallest absolute Gasteiger partial charge is 0.164 e. The lowest BCUT2D eigenvalue weighted by molar-refractivity contribution is 0.490. The summed E-state index contributed by atoms with van der Waals surface area (Å²) >= 11 is 6.49. The van der Waals surface area contributed by atoms with E-state index in [-0.39, 0.29) is 0 Å². The molecule has 0 saturated carbocycles. The summed E-state index contributed by atoms with van der Waals surface area (Å²) in [5.41, 5.74) is 2.74. The van der Waals surface area contributed by atoms with Gasteiger partial charge in [0, 0.05) is 24.6 Å². The van der Waals surface area contributed by atoms with E-state index < -0.39 is 11.6 Å². The fraction of sp³-hybridized carbons (Fsp3) is 0.292. The number of rotatable bonds is 6. The van der Waals surface area contributed by atoms with E-state index in [1.165, 1.54) is 12.1 Å². The number of hydrogen-bond donors (Lipinski definition) is 1.